The topological polar surface area (TPSA) is 89.3 Å². The molecule has 0 amide bonds. The van der Waals surface area contributed by atoms with Crippen molar-refractivity contribution >= 4 is 156 Å². The Hall–Kier alpha value is -19.2. The van der Waals surface area contributed by atoms with Crippen molar-refractivity contribution < 1.29 is 4.42 Å². The van der Waals surface area contributed by atoms with Crippen molar-refractivity contribution in [1.82, 2.24) is 42.8 Å². The zero-order valence-electron chi connectivity index (χ0n) is 80.9. The van der Waals surface area contributed by atoms with Gasteiger partial charge in [-0.3, -0.25) is 19.9 Å². The lowest BCUT2D eigenvalue weighted by molar-refractivity contribution is 0.669. The van der Waals surface area contributed by atoms with Gasteiger partial charge in [-0.1, -0.05) is 304 Å². The number of hydrogen-bond donors (Lipinski definition) is 0. The number of benzene rings is 18. The summed E-state index contributed by atoms with van der Waals surface area (Å²) in [6, 6.07) is 165. The smallest absolute Gasteiger partial charge is 0.135 e. The average Bonchev–Trinajstić information content (AvgIpc) is 1.59. The summed E-state index contributed by atoms with van der Waals surface area (Å²) >= 11 is 0. The van der Waals surface area contributed by atoms with Crippen molar-refractivity contribution in [2.24, 2.45) is 0 Å². The van der Waals surface area contributed by atoms with Gasteiger partial charge in [0.05, 0.1) is 66.6 Å². The van der Waals surface area contributed by atoms with Gasteiger partial charge in [0.25, 0.3) is 0 Å². The van der Waals surface area contributed by atoms with Gasteiger partial charge in [-0.15, -0.1) is 0 Å². The molecule has 694 valence electrons. The van der Waals surface area contributed by atoms with Crippen LogP contribution in [0.3, 0.4) is 0 Å². The van der Waals surface area contributed by atoms with Crippen LogP contribution in [0.5, 0.6) is 0 Å². The lowest BCUT2D eigenvalue weighted by atomic mass is 9.94. The largest absolute Gasteiger partial charge is 0.456 e. The van der Waals surface area contributed by atoms with Crippen LogP contribution in [-0.4, -0.2) is 42.8 Å². The molecule has 0 aliphatic heterocycles. The molecule has 1 atom stereocenters. The molecule has 0 radical (unpaired) electrons. The van der Waals surface area contributed by atoms with E-state index in [1.54, 1.807) is 0 Å². The number of aryl methyl sites for hydroxylation is 1. The lowest BCUT2D eigenvalue weighted by Gasteiger charge is -2.13. The fourth-order valence-electron chi connectivity index (χ4n) is 22.9. The van der Waals surface area contributed by atoms with Crippen molar-refractivity contribution in [3.05, 3.63) is 519 Å². The van der Waals surface area contributed by atoms with Crippen LogP contribution in [0.4, 0.5) is 0 Å². The van der Waals surface area contributed by atoms with Crippen LogP contribution >= 0.6 is 0 Å². The number of pyridine rings is 4. The maximum absolute atomic E-state index is 6.36. The van der Waals surface area contributed by atoms with Gasteiger partial charge in [0, 0.05) is 136 Å². The van der Waals surface area contributed by atoms with E-state index in [2.05, 4.69) is 496 Å². The van der Waals surface area contributed by atoms with Gasteiger partial charge in [-0.2, -0.15) is 0 Å². The lowest BCUT2D eigenvalue weighted by Crippen LogP contribution is -1.98. The molecule has 1 aliphatic carbocycles. The maximum Gasteiger partial charge on any atom is 0.135 e. The molecule has 0 bridgehead atoms. The van der Waals surface area contributed by atoms with Gasteiger partial charge in [0.15, 0.2) is 0 Å². The fourth-order valence-corrected chi connectivity index (χ4v) is 22.9. The second-order valence-corrected chi connectivity index (χ2v) is 38.0. The first kappa shape index (κ1) is 86.9. The summed E-state index contributed by atoms with van der Waals surface area (Å²) in [7, 11) is 0. The summed E-state index contributed by atoms with van der Waals surface area (Å²) in [6.45, 7) is 5.47. The molecule has 0 saturated heterocycles. The fraction of sp³-hybridized carbons (Fsp3) is 0.0365. The van der Waals surface area contributed by atoms with Crippen LogP contribution in [0.2, 0.25) is 0 Å². The zero-order valence-corrected chi connectivity index (χ0v) is 80.9. The molecule has 18 aromatic carbocycles. The molecule has 1 aliphatic rings. The van der Waals surface area contributed by atoms with Crippen LogP contribution in [0.1, 0.15) is 59.6 Å². The SMILES string of the molecule is CCC1c2ccccc2-c2cc(C=Cc3ccc(-c4ccc(C=Cc5ccc6c(c5)c5ccccc5n6CC)cc4)cc3)ccc21.c1ccc(-c2ccccc2-c2ccc3c(c2)c2ncccc2n3-c2cccc(-n3c4ccc(-c5ccccc5-c5ccccn5)cc4c4ncccc43)c2)nc1.c1ccc(-n2c3ccccc3c3cc(-c4ccc5oc6ccc(-n7c8ccccc8c8ccccc87)cc6c5c4)ccc32)cc1. The van der Waals surface area contributed by atoms with Gasteiger partial charge < -0.3 is 27.3 Å². The van der Waals surface area contributed by atoms with Gasteiger partial charge in [-0.05, 0) is 290 Å². The Morgan fingerprint density at radius 1 is 0.218 bits per heavy atom. The number of furan rings is 1. The Morgan fingerprint density at radius 3 is 1.15 bits per heavy atom. The van der Waals surface area contributed by atoms with Crippen molar-refractivity contribution in [3.8, 4) is 101 Å². The van der Waals surface area contributed by atoms with Crippen molar-refractivity contribution in [2.75, 3.05) is 0 Å². The highest BCUT2D eigenvalue weighted by atomic mass is 16.3. The normalized spacial score (nSPS) is 12.5. The third-order valence-corrected chi connectivity index (χ3v) is 29.7. The third-order valence-electron chi connectivity index (χ3n) is 29.7. The third kappa shape index (κ3) is 15.4. The Balaban J connectivity index is 0.000000110. The van der Waals surface area contributed by atoms with E-state index in [1.807, 2.05) is 61.2 Å². The van der Waals surface area contributed by atoms with Gasteiger partial charge in [0.2, 0.25) is 0 Å². The molecular weight excluding hydrogens is 1790 g/mol. The molecule has 29 rings (SSSR count). The monoisotopic (exact) mass is 1880 g/mol. The molecule has 1 unspecified atom stereocenters. The molecule has 0 spiro atoms. The summed E-state index contributed by atoms with van der Waals surface area (Å²) in [6.07, 6.45) is 17.5. The zero-order chi connectivity index (χ0) is 97.5. The minimum absolute atomic E-state index is 0.511. The Bertz CT molecular complexity index is 9820. The summed E-state index contributed by atoms with van der Waals surface area (Å²) in [5.74, 6) is 0.511. The van der Waals surface area contributed by atoms with Gasteiger partial charge in [-0.25, -0.2) is 0 Å². The highest BCUT2D eigenvalue weighted by Gasteiger charge is 2.29. The number of rotatable bonds is 16. The average molecular weight is 1880 g/mol. The quantitative estimate of drug-likeness (QED) is 0.0899. The first-order valence-electron chi connectivity index (χ1n) is 50.6. The number of nitrogens with zero attached hydrogens (tertiary/aromatic N) is 9. The highest BCUT2D eigenvalue weighted by molar-refractivity contribution is 6.16. The predicted molar refractivity (Wildman–Crippen MR) is 615 cm³/mol. The number of fused-ring (bicyclic) bond motifs is 21. The molecule has 28 aromatic rings. The number of para-hydroxylation sites is 5. The van der Waals surface area contributed by atoms with Gasteiger partial charge >= 0.3 is 0 Å². The van der Waals surface area contributed by atoms with Crippen molar-refractivity contribution in [2.45, 2.75) is 32.7 Å². The summed E-state index contributed by atoms with van der Waals surface area (Å²) < 4.78 is 18.1. The molecule has 10 heterocycles. The number of aromatic nitrogens is 9. The summed E-state index contributed by atoms with van der Waals surface area (Å²) in [4.78, 5) is 19.2. The molecular formula is C137H95N9O. The van der Waals surface area contributed by atoms with Crippen molar-refractivity contribution in [3.63, 3.8) is 0 Å². The maximum atomic E-state index is 6.36. The van der Waals surface area contributed by atoms with E-state index >= 15 is 0 Å². The molecule has 10 aromatic heterocycles. The number of hydrogen-bond acceptors (Lipinski definition) is 5. The highest BCUT2D eigenvalue weighted by Crippen LogP contribution is 2.49. The first-order valence-corrected chi connectivity index (χ1v) is 50.6. The van der Waals surface area contributed by atoms with E-state index in [1.165, 1.54) is 138 Å². The molecule has 0 fully saturated rings. The van der Waals surface area contributed by atoms with E-state index < -0.39 is 0 Å². The van der Waals surface area contributed by atoms with Crippen LogP contribution in [0.25, 0.3) is 256 Å². The summed E-state index contributed by atoms with van der Waals surface area (Å²) in [5.41, 5.74) is 43.8. The molecule has 0 saturated carbocycles. The van der Waals surface area contributed by atoms with E-state index in [4.69, 9.17) is 14.4 Å². The molecule has 10 heteroatoms. The minimum atomic E-state index is 0.511. The van der Waals surface area contributed by atoms with Crippen LogP contribution < -0.4 is 0 Å². The first-order chi connectivity index (χ1) is 72.8. The predicted octanol–water partition coefficient (Wildman–Crippen LogP) is 35.9. The molecule has 147 heavy (non-hydrogen) atoms. The minimum Gasteiger partial charge on any atom is -0.456 e. The second-order valence-electron chi connectivity index (χ2n) is 38.0. The Morgan fingerprint density at radius 2 is 0.585 bits per heavy atom. The van der Waals surface area contributed by atoms with Crippen molar-refractivity contribution in [1.29, 1.82) is 0 Å². The van der Waals surface area contributed by atoms with E-state index in [0.717, 1.165) is 141 Å². The van der Waals surface area contributed by atoms with Crippen LogP contribution in [0, 0.1) is 0 Å². The second kappa shape index (κ2) is 36.7. The van der Waals surface area contributed by atoms with Gasteiger partial charge in [0.1, 0.15) is 11.2 Å². The van der Waals surface area contributed by atoms with E-state index in [9.17, 15) is 0 Å². The Labute approximate surface area is 849 Å². The van der Waals surface area contributed by atoms with E-state index in [0.29, 0.717) is 5.92 Å². The molecule has 10 nitrogen and oxygen atoms in total. The van der Waals surface area contributed by atoms with Crippen LogP contribution in [-0.2, 0) is 6.54 Å². The summed E-state index contributed by atoms with van der Waals surface area (Å²) in [5, 5.41) is 12.1. The Kier molecular flexibility index (Phi) is 21.7. The van der Waals surface area contributed by atoms with Crippen LogP contribution in [0.15, 0.2) is 490 Å². The van der Waals surface area contributed by atoms with E-state index in [-0.39, 0.29) is 0 Å². The standard InChI is InChI=1S/C50H32N6.C45H37N.C42H26N2O/c1-3-16-39(43-18-5-7-26-51-43)37(14-1)33-22-24-45-41(30-33)49-47(20-10-28-53-49)55(45)35-12-9-13-36(32-35)56-46-25-23-34(31-42(46)50-48(56)21-11-29-54-50)38-15-2-4-17-40(38)44-19-6-8-27-52-44;1-3-37-38-9-5-6-10-39(38)42-29-33(21-27-40(37)42)15-13-31-17-23-35(24-18-31)36-25-19-32(20-26-36)14-16-34-22-28-45-43(30-34)41-11-7-8-12-44(41)46(45)4-2;1-2-10-29(11-3-1)43-39-17-9-6-14-33(39)34-24-27(18-21-40(34)43)28-19-22-41-35(25-28)36-26-30(20-23-42(36)45-41)44-37-15-7-4-12-31(37)32-13-5-8-16-38(32)44/h1-32H;5-30,37H,3-4H2,1-2H3;1-26H. The molecule has 0 N–H and O–H groups in total.